The number of nitrogens with two attached hydrogens (primary N) is 2. The largest absolute Gasteiger partial charge is 0.391 e. The van der Waals surface area contributed by atoms with Crippen LogP contribution >= 0.6 is 0 Å². The highest BCUT2D eigenvalue weighted by Crippen LogP contribution is 2.18. The molecule has 0 aromatic carbocycles. The molecule has 8 nitrogen and oxygen atoms in total. The maximum atomic E-state index is 12.1. The Hall–Kier alpha value is -2.47. The molecule has 0 aromatic heterocycles. The lowest BCUT2D eigenvalue weighted by Gasteiger charge is -2.37. The fourth-order valence-corrected chi connectivity index (χ4v) is 4.11. The summed E-state index contributed by atoms with van der Waals surface area (Å²) in [6, 6.07) is 3.01. The van der Waals surface area contributed by atoms with Gasteiger partial charge in [-0.1, -0.05) is 46.6 Å². The van der Waals surface area contributed by atoms with Crippen molar-refractivity contribution in [2.45, 2.75) is 59.4 Å². The molecule has 8 heteroatoms. The van der Waals surface area contributed by atoms with E-state index in [0.717, 1.165) is 24.5 Å². The van der Waals surface area contributed by atoms with Crippen molar-refractivity contribution in [2.75, 3.05) is 52.9 Å². The van der Waals surface area contributed by atoms with Crippen LogP contribution in [0.5, 0.6) is 0 Å². The van der Waals surface area contributed by atoms with Gasteiger partial charge in [-0.2, -0.15) is 0 Å². The first-order chi connectivity index (χ1) is 16.4. The van der Waals surface area contributed by atoms with Crippen LogP contribution in [-0.4, -0.2) is 84.4 Å². The van der Waals surface area contributed by atoms with Gasteiger partial charge in [0.2, 0.25) is 0 Å². The van der Waals surface area contributed by atoms with E-state index in [1.165, 1.54) is 58.1 Å². The van der Waals surface area contributed by atoms with E-state index in [1.54, 1.807) is 0 Å². The smallest absolute Gasteiger partial charge is 0.289 e. The molecule has 3 rings (SSSR count). The molecule has 1 amide bonds. The Kier molecular flexibility index (Phi) is 14.1. The molecule has 5 N–H and O–H groups in total. The van der Waals surface area contributed by atoms with Crippen molar-refractivity contribution in [3.8, 4) is 12.5 Å². The maximum absolute atomic E-state index is 12.1. The highest BCUT2D eigenvalue weighted by Gasteiger charge is 2.25. The Morgan fingerprint density at radius 2 is 1.76 bits per heavy atom. The van der Waals surface area contributed by atoms with Gasteiger partial charge >= 0.3 is 0 Å². The van der Waals surface area contributed by atoms with Crippen LogP contribution < -0.4 is 16.8 Å². The second-order valence-electron chi connectivity index (χ2n) is 8.68. The Labute approximate surface area is 207 Å². The van der Waals surface area contributed by atoms with Gasteiger partial charge in [-0.15, -0.1) is 0 Å². The van der Waals surface area contributed by atoms with Crippen LogP contribution in [0.3, 0.4) is 0 Å². The summed E-state index contributed by atoms with van der Waals surface area (Å²) in [5.41, 5.74) is 12.1. The molecule has 0 saturated carbocycles. The fourth-order valence-electron chi connectivity index (χ4n) is 4.11. The van der Waals surface area contributed by atoms with E-state index in [-0.39, 0.29) is 11.5 Å². The zero-order valence-electron chi connectivity index (χ0n) is 22.0. The normalized spacial score (nSPS) is 21.4. The molecule has 0 aromatic rings. The van der Waals surface area contributed by atoms with Crippen molar-refractivity contribution < 1.29 is 4.79 Å². The number of allylic oxidation sites excluding steroid dienone is 1. The van der Waals surface area contributed by atoms with E-state index in [4.69, 9.17) is 17.9 Å². The summed E-state index contributed by atoms with van der Waals surface area (Å²) in [5.74, 6) is -0.379. The number of likely N-dealkylation sites (tertiary alicyclic amines) is 1. The van der Waals surface area contributed by atoms with Crippen LogP contribution in [0.15, 0.2) is 35.6 Å². The molecule has 3 aliphatic heterocycles. The molecule has 34 heavy (non-hydrogen) atoms. The number of amides is 1. The number of carbonyl (C=O) groups excluding carboxylic acids is 1. The van der Waals surface area contributed by atoms with Crippen molar-refractivity contribution in [2.24, 2.45) is 11.5 Å². The highest BCUT2D eigenvalue weighted by atomic mass is 16.2. The molecule has 0 unspecified atom stereocenters. The van der Waals surface area contributed by atoms with Crippen LogP contribution in [0.4, 0.5) is 0 Å². The van der Waals surface area contributed by atoms with Crippen LogP contribution in [0, 0.1) is 12.5 Å². The monoisotopic (exact) mass is 473 g/mol. The Morgan fingerprint density at radius 1 is 1.12 bits per heavy atom. The average molecular weight is 474 g/mol. The standard InChI is InChI=1S/C21H33N7O.C3H8.C2H6/c1-3-27-16-17(24-20(23)19(22)21(27)29)6-4-10-26-12-7-18(8-13-26)28-11-5-9-25(2)14-15-28;1-3-2;1-2/h1,4,6,16,18,24H,5,7-15,22-23H2,2H3;3H2,1-2H3;1-2H3/b6-4-;;. The summed E-state index contributed by atoms with van der Waals surface area (Å²) in [6.07, 6.45) is 15.8. The third-order valence-electron chi connectivity index (χ3n) is 5.91. The number of piperidine rings is 1. The number of nitrogens with one attached hydrogen (secondary N) is 1. The van der Waals surface area contributed by atoms with E-state index in [9.17, 15) is 4.79 Å². The van der Waals surface area contributed by atoms with Gasteiger partial charge in [0.1, 0.15) is 11.5 Å². The molecule has 192 valence electrons. The fraction of sp³-hybridized carbons (Fsp3) is 0.654. The molecule has 0 spiro atoms. The zero-order chi connectivity index (χ0) is 25.5. The minimum atomic E-state index is -0.498. The summed E-state index contributed by atoms with van der Waals surface area (Å²) in [7, 11) is 2.22. The van der Waals surface area contributed by atoms with Gasteiger partial charge in [-0.05, 0) is 58.6 Å². The Balaban J connectivity index is 0.00000107. The first-order valence-corrected chi connectivity index (χ1v) is 12.7. The lowest BCUT2D eigenvalue weighted by molar-refractivity contribution is -0.122. The summed E-state index contributed by atoms with van der Waals surface area (Å²) >= 11 is 0. The zero-order valence-corrected chi connectivity index (χ0v) is 22.0. The first-order valence-electron chi connectivity index (χ1n) is 12.7. The quantitative estimate of drug-likeness (QED) is 0.538. The van der Waals surface area contributed by atoms with E-state index < -0.39 is 5.91 Å². The van der Waals surface area contributed by atoms with Crippen molar-refractivity contribution in [1.82, 2.24) is 24.9 Å². The third kappa shape index (κ3) is 9.41. The van der Waals surface area contributed by atoms with Crippen molar-refractivity contribution >= 4 is 5.91 Å². The Bertz CT molecular complexity index is 745. The van der Waals surface area contributed by atoms with E-state index in [1.807, 2.05) is 19.9 Å². The number of nitrogens with zero attached hydrogens (tertiary/aromatic N) is 4. The van der Waals surface area contributed by atoms with E-state index >= 15 is 0 Å². The maximum Gasteiger partial charge on any atom is 0.289 e. The highest BCUT2D eigenvalue weighted by molar-refractivity contribution is 5.95. The van der Waals surface area contributed by atoms with Crippen LogP contribution in [-0.2, 0) is 4.79 Å². The Morgan fingerprint density at radius 3 is 2.38 bits per heavy atom. The first kappa shape index (κ1) is 29.6. The predicted octanol–water partition coefficient (Wildman–Crippen LogP) is 2.04. The molecule has 0 atom stereocenters. The topological polar surface area (TPSA) is 94.1 Å². The summed E-state index contributed by atoms with van der Waals surface area (Å²) in [5, 5.41) is 2.94. The average Bonchev–Trinajstić information content (AvgIpc) is 3.12. The minimum Gasteiger partial charge on any atom is -0.391 e. The van der Waals surface area contributed by atoms with E-state index in [2.05, 4.69) is 53.0 Å². The van der Waals surface area contributed by atoms with Crippen LogP contribution in [0.25, 0.3) is 0 Å². The second-order valence-corrected chi connectivity index (χ2v) is 8.68. The van der Waals surface area contributed by atoms with Crippen molar-refractivity contribution in [3.05, 3.63) is 35.6 Å². The lowest BCUT2D eigenvalue weighted by atomic mass is 10.0. The van der Waals surface area contributed by atoms with Gasteiger partial charge in [0, 0.05) is 37.9 Å². The molecule has 2 saturated heterocycles. The SMILES string of the molecule is C#CN1C=C(/C=C\CN2CCC(N3CCCN(C)CC3)CC2)NC(N)=C(N)C1=O.CC.CCC. The number of rotatable bonds is 4. The number of carbonyl (C=O) groups is 1. The van der Waals surface area contributed by atoms with Gasteiger partial charge in [0.15, 0.2) is 0 Å². The van der Waals surface area contributed by atoms with E-state index in [0.29, 0.717) is 11.7 Å². The predicted molar refractivity (Wildman–Crippen MR) is 142 cm³/mol. The van der Waals surface area contributed by atoms with Crippen LogP contribution in [0.2, 0.25) is 0 Å². The summed E-state index contributed by atoms with van der Waals surface area (Å²) in [4.78, 5) is 20.7. The summed E-state index contributed by atoms with van der Waals surface area (Å²) < 4.78 is 0. The third-order valence-corrected chi connectivity index (χ3v) is 5.91. The number of terminal acetylenes is 1. The number of likely N-dealkylation sites (N-methyl/N-ethyl adjacent to an activating group) is 1. The molecule has 0 bridgehead atoms. The summed E-state index contributed by atoms with van der Waals surface area (Å²) in [6.45, 7) is 16.1. The van der Waals surface area contributed by atoms with Crippen molar-refractivity contribution in [1.29, 1.82) is 0 Å². The van der Waals surface area contributed by atoms with Gasteiger partial charge in [0.05, 0.1) is 5.70 Å². The van der Waals surface area contributed by atoms with Gasteiger partial charge < -0.3 is 21.7 Å². The molecule has 3 heterocycles. The number of hydrogen-bond acceptors (Lipinski definition) is 7. The minimum absolute atomic E-state index is 0.0793. The molecule has 3 aliphatic rings. The molecule has 0 aliphatic carbocycles. The molecule has 2 fully saturated rings. The lowest BCUT2D eigenvalue weighted by Crippen LogP contribution is -2.46. The van der Waals surface area contributed by atoms with Gasteiger partial charge in [0.25, 0.3) is 5.91 Å². The second kappa shape index (κ2) is 16.2. The van der Waals surface area contributed by atoms with Gasteiger partial charge in [-0.3, -0.25) is 14.6 Å². The van der Waals surface area contributed by atoms with Crippen LogP contribution in [0.1, 0.15) is 53.4 Å². The van der Waals surface area contributed by atoms with Crippen molar-refractivity contribution in [3.63, 3.8) is 0 Å². The van der Waals surface area contributed by atoms with Gasteiger partial charge in [-0.25, -0.2) is 4.90 Å². The molecular weight excluding hydrogens is 426 g/mol. The molecular formula is C26H47N7O. The molecule has 0 radical (unpaired) electrons. The number of hydrogen-bond donors (Lipinski definition) is 3.